The second-order valence-corrected chi connectivity index (χ2v) is 6.27. The summed E-state index contributed by atoms with van der Waals surface area (Å²) in [6.45, 7) is 13.8. The molecular weight excluding hydrogens is 348 g/mol. The molecule has 0 bridgehead atoms. The van der Waals surface area contributed by atoms with Gasteiger partial charge in [-0.05, 0) is 27.2 Å². The molecule has 0 aromatic carbocycles. The lowest BCUT2D eigenvalue weighted by Gasteiger charge is -2.37. The molecule has 6 nitrogen and oxygen atoms in total. The minimum Gasteiger partial charge on any atom is -0.355 e. The summed E-state index contributed by atoms with van der Waals surface area (Å²) in [5.74, 6) is -1.49. The van der Waals surface area contributed by atoms with E-state index in [0.29, 0.717) is 19.8 Å². The maximum Gasteiger partial charge on any atom is 0.295 e. The third-order valence-electron chi connectivity index (χ3n) is 4.25. The van der Waals surface area contributed by atoms with Crippen molar-refractivity contribution in [2.24, 2.45) is 5.92 Å². The highest BCUT2D eigenvalue weighted by Gasteiger charge is 2.41. The van der Waals surface area contributed by atoms with Gasteiger partial charge in [0, 0.05) is 19.8 Å². The largest absolute Gasteiger partial charge is 0.355 e. The van der Waals surface area contributed by atoms with Gasteiger partial charge in [-0.25, -0.2) is 0 Å². The Morgan fingerprint density at radius 2 is 1.15 bits per heavy atom. The smallest absolute Gasteiger partial charge is 0.295 e. The minimum absolute atomic E-state index is 0.0651. The Bertz CT molecular complexity index is 297. The molecule has 27 heavy (non-hydrogen) atoms. The van der Waals surface area contributed by atoms with Crippen molar-refractivity contribution in [3.8, 4) is 0 Å². The van der Waals surface area contributed by atoms with Crippen LogP contribution in [0.15, 0.2) is 12.7 Å². The van der Waals surface area contributed by atoms with Gasteiger partial charge in [-0.3, -0.25) is 14.2 Å². The highest BCUT2D eigenvalue weighted by atomic mass is 16.9. The molecule has 0 rings (SSSR count). The van der Waals surface area contributed by atoms with E-state index in [-0.39, 0.29) is 26.3 Å². The Morgan fingerprint density at radius 3 is 1.56 bits per heavy atom. The number of hydrogen-bond donors (Lipinski definition) is 0. The standard InChI is InChI=1S/C21H42O6/c1-6-11-12-13-14-15-16-20(7-2)21(25-17-22-8-3,26-18-23-9-4)27-19-24-10-5/h7,20H,2,6,8-19H2,1,3-5H3. The van der Waals surface area contributed by atoms with Crippen LogP contribution in [0.1, 0.15) is 72.6 Å². The number of unbranched alkanes of at least 4 members (excludes halogenated alkanes) is 5. The van der Waals surface area contributed by atoms with Gasteiger partial charge in [0.15, 0.2) is 20.4 Å². The normalized spacial score (nSPS) is 13.0. The van der Waals surface area contributed by atoms with E-state index in [1.54, 1.807) is 0 Å². The third-order valence-corrected chi connectivity index (χ3v) is 4.25. The van der Waals surface area contributed by atoms with Crippen LogP contribution in [0, 0.1) is 5.92 Å². The average molecular weight is 391 g/mol. The van der Waals surface area contributed by atoms with Gasteiger partial charge in [-0.2, -0.15) is 0 Å². The SMILES string of the molecule is C=CC(CCCCCCCC)C(OCOCC)(OCOCC)OCOCC. The molecule has 0 saturated carbocycles. The third kappa shape index (κ3) is 12.5. The molecule has 0 N–H and O–H groups in total. The molecule has 0 fully saturated rings. The van der Waals surface area contributed by atoms with Crippen molar-refractivity contribution < 1.29 is 28.4 Å². The van der Waals surface area contributed by atoms with Crippen molar-refractivity contribution in [3.63, 3.8) is 0 Å². The highest BCUT2D eigenvalue weighted by Crippen LogP contribution is 2.31. The van der Waals surface area contributed by atoms with Gasteiger partial charge in [0.25, 0.3) is 5.97 Å². The maximum absolute atomic E-state index is 5.91. The van der Waals surface area contributed by atoms with Gasteiger partial charge < -0.3 is 14.2 Å². The first kappa shape index (κ1) is 26.5. The second kappa shape index (κ2) is 18.8. The fraction of sp³-hybridized carbons (Fsp3) is 0.905. The van der Waals surface area contributed by atoms with Crippen molar-refractivity contribution in [2.45, 2.75) is 78.6 Å². The van der Waals surface area contributed by atoms with E-state index in [4.69, 9.17) is 28.4 Å². The van der Waals surface area contributed by atoms with Gasteiger partial charge in [0.2, 0.25) is 0 Å². The van der Waals surface area contributed by atoms with Crippen molar-refractivity contribution in [2.75, 3.05) is 40.2 Å². The van der Waals surface area contributed by atoms with Gasteiger partial charge in [0.1, 0.15) is 0 Å². The van der Waals surface area contributed by atoms with Crippen molar-refractivity contribution in [1.82, 2.24) is 0 Å². The Labute approximate surface area is 166 Å². The number of ether oxygens (including phenoxy) is 6. The van der Waals surface area contributed by atoms with Crippen molar-refractivity contribution in [1.29, 1.82) is 0 Å². The van der Waals surface area contributed by atoms with E-state index in [9.17, 15) is 0 Å². The van der Waals surface area contributed by atoms with E-state index >= 15 is 0 Å². The van der Waals surface area contributed by atoms with E-state index in [1.165, 1.54) is 32.1 Å². The molecule has 0 spiro atoms. The Balaban J connectivity index is 4.95. The summed E-state index contributed by atoms with van der Waals surface area (Å²) in [5.41, 5.74) is 0. The first-order chi connectivity index (χ1) is 13.2. The van der Waals surface area contributed by atoms with E-state index in [0.717, 1.165) is 12.8 Å². The van der Waals surface area contributed by atoms with Crippen LogP contribution in [-0.2, 0) is 28.4 Å². The average Bonchev–Trinajstić information content (AvgIpc) is 2.67. The van der Waals surface area contributed by atoms with E-state index < -0.39 is 5.97 Å². The number of rotatable bonds is 21. The first-order valence-corrected chi connectivity index (χ1v) is 10.5. The minimum atomic E-state index is -1.33. The van der Waals surface area contributed by atoms with Crippen molar-refractivity contribution >= 4 is 0 Å². The van der Waals surface area contributed by atoms with Crippen LogP contribution in [0.25, 0.3) is 0 Å². The first-order valence-electron chi connectivity index (χ1n) is 10.5. The summed E-state index contributed by atoms with van der Waals surface area (Å²) in [4.78, 5) is 0. The van der Waals surface area contributed by atoms with Gasteiger partial charge in [0.05, 0.1) is 5.92 Å². The summed E-state index contributed by atoms with van der Waals surface area (Å²) >= 11 is 0. The summed E-state index contributed by atoms with van der Waals surface area (Å²) in [5, 5.41) is 0. The Morgan fingerprint density at radius 1 is 0.704 bits per heavy atom. The quantitative estimate of drug-likeness (QED) is 0.152. The lowest BCUT2D eigenvalue weighted by Crippen LogP contribution is -2.47. The Hall–Kier alpha value is -0.500. The lowest BCUT2D eigenvalue weighted by molar-refractivity contribution is -0.441. The van der Waals surface area contributed by atoms with E-state index in [2.05, 4.69) is 13.5 Å². The molecule has 0 aromatic heterocycles. The molecule has 1 atom stereocenters. The number of hydrogen-bond acceptors (Lipinski definition) is 6. The van der Waals surface area contributed by atoms with Gasteiger partial charge >= 0.3 is 0 Å². The molecule has 0 aliphatic rings. The fourth-order valence-electron chi connectivity index (χ4n) is 2.65. The molecule has 0 heterocycles. The molecule has 162 valence electrons. The van der Waals surface area contributed by atoms with E-state index in [1.807, 2.05) is 26.8 Å². The summed E-state index contributed by atoms with van der Waals surface area (Å²) in [7, 11) is 0. The van der Waals surface area contributed by atoms with Crippen LogP contribution in [0.4, 0.5) is 0 Å². The topological polar surface area (TPSA) is 55.4 Å². The highest BCUT2D eigenvalue weighted by molar-refractivity contribution is 4.86. The zero-order valence-corrected chi connectivity index (χ0v) is 18.0. The predicted octanol–water partition coefficient (Wildman–Crippen LogP) is 5.22. The summed E-state index contributed by atoms with van der Waals surface area (Å²) in [6.07, 6.45) is 9.96. The molecule has 0 aromatic rings. The lowest BCUT2D eigenvalue weighted by atomic mass is 9.97. The summed E-state index contributed by atoms with van der Waals surface area (Å²) in [6, 6.07) is 0. The molecule has 0 aliphatic carbocycles. The second-order valence-electron chi connectivity index (χ2n) is 6.27. The fourth-order valence-corrected chi connectivity index (χ4v) is 2.65. The predicted molar refractivity (Wildman–Crippen MR) is 107 cm³/mol. The Kier molecular flexibility index (Phi) is 18.5. The van der Waals surface area contributed by atoms with Gasteiger partial charge in [-0.1, -0.05) is 51.5 Å². The monoisotopic (exact) mass is 390 g/mol. The van der Waals surface area contributed by atoms with Crippen LogP contribution in [0.2, 0.25) is 0 Å². The molecule has 0 aliphatic heterocycles. The molecule has 0 amide bonds. The molecular formula is C21H42O6. The van der Waals surface area contributed by atoms with Crippen LogP contribution in [0.3, 0.4) is 0 Å². The van der Waals surface area contributed by atoms with Crippen LogP contribution in [0.5, 0.6) is 0 Å². The molecule has 0 saturated heterocycles. The van der Waals surface area contributed by atoms with Gasteiger partial charge in [-0.15, -0.1) is 6.58 Å². The maximum atomic E-state index is 5.91. The zero-order chi connectivity index (χ0) is 20.2. The van der Waals surface area contributed by atoms with Crippen LogP contribution >= 0.6 is 0 Å². The molecule has 0 radical (unpaired) electrons. The zero-order valence-electron chi connectivity index (χ0n) is 18.0. The molecule has 6 heteroatoms. The molecule has 1 unspecified atom stereocenters. The van der Waals surface area contributed by atoms with Crippen LogP contribution in [-0.4, -0.2) is 46.2 Å². The van der Waals surface area contributed by atoms with Crippen molar-refractivity contribution in [3.05, 3.63) is 12.7 Å². The van der Waals surface area contributed by atoms with Crippen LogP contribution < -0.4 is 0 Å². The summed E-state index contributed by atoms with van der Waals surface area (Å²) < 4.78 is 33.8.